The Balaban J connectivity index is 1.61. The lowest BCUT2D eigenvalue weighted by Gasteiger charge is -2.35. The Labute approximate surface area is 110 Å². The molecule has 0 amide bonds. The molecule has 2 saturated heterocycles. The predicted octanol–water partition coefficient (Wildman–Crippen LogP) is 2.10. The van der Waals surface area contributed by atoms with E-state index in [4.69, 9.17) is 0 Å². The maximum Gasteiger partial charge on any atom is 0.0544 e. The highest BCUT2D eigenvalue weighted by atomic mass is 15.2. The highest BCUT2D eigenvalue weighted by molar-refractivity contribution is 5.12. The molecule has 0 saturated carbocycles. The highest BCUT2D eigenvalue weighted by Crippen LogP contribution is 2.29. The van der Waals surface area contributed by atoms with E-state index in [2.05, 4.69) is 41.3 Å². The molecule has 3 rings (SSSR count). The van der Waals surface area contributed by atoms with Gasteiger partial charge in [0.15, 0.2) is 0 Å². The van der Waals surface area contributed by atoms with Gasteiger partial charge in [0.05, 0.1) is 5.69 Å². The van der Waals surface area contributed by atoms with Gasteiger partial charge < -0.3 is 5.32 Å². The Hall–Kier alpha value is -0.930. The van der Waals surface area contributed by atoms with Crippen LogP contribution in [-0.4, -0.2) is 35.1 Å². The van der Waals surface area contributed by atoms with Crippen LogP contribution in [0.4, 0.5) is 0 Å². The number of nitrogens with zero attached hydrogens (tertiary/aromatic N) is 2. The summed E-state index contributed by atoms with van der Waals surface area (Å²) in [6, 6.07) is 6.57. The summed E-state index contributed by atoms with van der Waals surface area (Å²) < 4.78 is 0. The standard InChI is InChI=1S/C15H23N3/c1-11-3-4-14(16-9-11)10-18(2)15-7-12-5-6-13(8-15)17-12/h3-4,9,12-13,15,17H,5-8,10H2,1-2H3. The Bertz CT molecular complexity index is 389. The first-order valence-corrected chi connectivity index (χ1v) is 7.08. The fourth-order valence-corrected chi connectivity index (χ4v) is 3.36. The van der Waals surface area contributed by atoms with Gasteiger partial charge in [-0.3, -0.25) is 9.88 Å². The summed E-state index contributed by atoms with van der Waals surface area (Å²) in [7, 11) is 2.25. The predicted molar refractivity (Wildman–Crippen MR) is 73.4 cm³/mol. The minimum Gasteiger partial charge on any atom is -0.311 e. The van der Waals surface area contributed by atoms with E-state index in [0.717, 1.165) is 24.7 Å². The molecular formula is C15H23N3. The summed E-state index contributed by atoms with van der Waals surface area (Å²) in [5.41, 5.74) is 2.43. The van der Waals surface area contributed by atoms with Gasteiger partial charge in [-0.15, -0.1) is 0 Å². The van der Waals surface area contributed by atoms with E-state index in [0.29, 0.717) is 0 Å². The topological polar surface area (TPSA) is 28.2 Å². The molecule has 2 unspecified atom stereocenters. The Morgan fingerprint density at radius 3 is 2.61 bits per heavy atom. The molecule has 3 nitrogen and oxygen atoms in total. The van der Waals surface area contributed by atoms with Crippen LogP contribution >= 0.6 is 0 Å². The Morgan fingerprint density at radius 1 is 1.28 bits per heavy atom. The van der Waals surface area contributed by atoms with Gasteiger partial charge in [-0.05, 0) is 51.3 Å². The molecule has 3 heterocycles. The third kappa shape index (κ3) is 2.57. The Morgan fingerprint density at radius 2 is 2.00 bits per heavy atom. The minimum absolute atomic E-state index is 0.729. The molecule has 1 N–H and O–H groups in total. The Kier molecular flexibility index (Phi) is 3.35. The lowest BCUT2D eigenvalue weighted by atomic mass is 9.98. The number of aryl methyl sites for hydroxylation is 1. The van der Waals surface area contributed by atoms with E-state index >= 15 is 0 Å². The van der Waals surface area contributed by atoms with E-state index in [1.807, 2.05) is 6.20 Å². The summed E-state index contributed by atoms with van der Waals surface area (Å²) in [4.78, 5) is 7.00. The van der Waals surface area contributed by atoms with Crippen molar-refractivity contribution in [3.63, 3.8) is 0 Å². The van der Waals surface area contributed by atoms with Crippen LogP contribution in [0.5, 0.6) is 0 Å². The van der Waals surface area contributed by atoms with Crippen molar-refractivity contribution in [2.75, 3.05) is 7.05 Å². The summed E-state index contributed by atoms with van der Waals surface area (Å²) in [5.74, 6) is 0. The van der Waals surface area contributed by atoms with Crippen LogP contribution in [0.15, 0.2) is 18.3 Å². The molecule has 1 aromatic heterocycles. The molecule has 2 aliphatic rings. The van der Waals surface area contributed by atoms with Crippen LogP contribution in [0, 0.1) is 6.92 Å². The number of hydrogen-bond donors (Lipinski definition) is 1. The third-order valence-corrected chi connectivity index (χ3v) is 4.46. The number of rotatable bonds is 3. The average molecular weight is 245 g/mol. The molecule has 2 atom stereocenters. The second kappa shape index (κ2) is 4.98. The third-order valence-electron chi connectivity index (χ3n) is 4.46. The van der Waals surface area contributed by atoms with Crippen molar-refractivity contribution < 1.29 is 0 Å². The number of piperidine rings is 1. The number of nitrogens with one attached hydrogen (secondary N) is 1. The van der Waals surface area contributed by atoms with Gasteiger partial charge in [0.25, 0.3) is 0 Å². The van der Waals surface area contributed by atoms with Gasteiger partial charge in [0.1, 0.15) is 0 Å². The molecule has 2 aliphatic heterocycles. The largest absolute Gasteiger partial charge is 0.311 e. The summed E-state index contributed by atoms with van der Waals surface area (Å²) in [6.45, 7) is 3.06. The van der Waals surface area contributed by atoms with Gasteiger partial charge >= 0.3 is 0 Å². The van der Waals surface area contributed by atoms with Gasteiger partial charge in [-0.25, -0.2) is 0 Å². The van der Waals surface area contributed by atoms with Crippen molar-refractivity contribution in [2.24, 2.45) is 0 Å². The second-order valence-corrected chi connectivity index (χ2v) is 6.01. The zero-order valence-electron chi connectivity index (χ0n) is 11.4. The first-order chi connectivity index (χ1) is 8.70. The van der Waals surface area contributed by atoms with E-state index in [9.17, 15) is 0 Å². The van der Waals surface area contributed by atoms with Gasteiger partial charge in [0.2, 0.25) is 0 Å². The van der Waals surface area contributed by atoms with E-state index < -0.39 is 0 Å². The molecule has 2 fully saturated rings. The monoisotopic (exact) mass is 245 g/mol. The van der Waals surface area contributed by atoms with E-state index in [1.165, 1.54) is 36.9 Å². The van der Waals surface area contributed by atoms with Crippen LogP contribution < -0.4 is 5.32 Å². The summed E-state index contributed by atoms with van der Waals surface area (Å²) in [6.07, 6.45) is 7.32. The molecular weight excluding hydrogens is 222 g/mol. The molecule has 18 heavy (non-hydrogen) atoms. The highest BCUT2D eigenvalue weighted by Gasteiger charge is 2.34. The van der Waals surface area contributed by atoms with Crippen molar-refractivity contribution in [1.29, 1.82) is 0 Å². The number of hydrogen-bond acceptors (Lipinski definition) is 3. The molecule has 0 radical (unpaired) electrons. The molecule has 0 aromatic carbocycles. The summed E-state index contributed by atoms with van der Waals surface area (Å²) in [5, 5.41) is 3.70. The molecule has 2 bridgehead atoms. The first-order valence-electron chi connectivity index (χ1n) is 7.08. The summed E-state index contributed by atoms with van der Waals surface area (Å²) >= 11 is 0. The van der Waals surface area contributed by atoms with Crippen molar-refractivity contribution in [3.05, 3.63) is 29.6 Å². The zero-order chi connectivity index (χ0) is 12.5. The van der Waals surface area contributed by atoms with Crippen molar-refractivity contribution >= 4 is 0 Å². The van der Waals surface area contributed by atoms with Crippen LogP contribution in [0.1, 0.15) is 36.9 Å². The van der Waals surface area contributed by atoms with Crippen molar-refractivity contribution in [1.82, 2.24) is 15.2 Å². The van der Waals surface area contributed by atoms with E-state index in [1.54, 1.807) is 0 Å². The molecule has 3 heteroatoms. The van der Waals surface area contributed by atoms with Crippen LogP contribution in [0.25, 0.3) is 0 Å². The average Bonchev–Trinajstić information content (AvgIpc) is 2.71. The maximum absolute atomic E-state index is 4.51. The minimum atomic E-state index is 0.729. The van der Waals surface area contributed by atoms with Crippen molar-refractivity contribution in [3.8, 4) is 0 Å². The fourth-order valence-electron chi connectivity index (χ4n) is 3.36. The van der Waals surface area contributed by atoms with Crippen molar-refractivity contribution in [2.45, 2.75) is 57.3 Å². The first kappa shape index (κ1) is 12.1. The quantitative estimate of drug-likeness (QED) is 0.884. The normalized spacial score (nSPS) is 30.9. The SMILES string of the molecule is Cc1ccc(CN(C)C2CC3CCC(C2)N3)nc1. The van der Waals surface area contributed by atoms with Gasteiger partial charge in [-0.2, -0.15) is 0 Å². The number of fused-ring (bicyclic) bond motifs is 2. The fraction of sp³-hybridized carbons (Fsp3) is 0.667. The molecule has 98 valence electrons. The molecule has 0 aliphatic carbocycles. The lowest BCUT2D eigenvalue weighted by molar-refractivity contribution is 0.164. The zero-order valence-corrected chi connectivity index (χ0v) is 11.4. The van der Waals surface area contributed by atoms with Gasteiger partial charge in [-0.1, -0.05) is 6.07 Å². The second-order valence-electron chi connectivity index (χ2n) is 6.01. The lowest BCUT2D eigenvalue weighted by Crippen LogP contribution is -2.46. The van der Waals surface area contributed by atoms with Crippen LogP contribution in [0.2, 0.25) is 0 Å². The molecule has 1 aromatic rings. The van der Waals surface area contributed by atoms with Gasteiger partial charge in [0, 0.05) is 30.9 Å². The molecule has 0 spiro atoms. The smallest absolute Gasteiger partial charge is 0.0544 e. The van der Waals surface area contributed by atoms with E-state index in [-0.39, 0.29) is 0 Å². The number of aromatic nitrogens is 1. The van der Waals surface area contributed by atoms with Crippen LogP contribution in [0.3, 0.4) is 0 Å². The van der Waals surface area contributed by atoms with Crippen LogP contribution in [-0.2, 0) is 6.54 Å². The maximum atomic E-state index is 4.51. The number of pyridine rings is 1.